The summed E-state index contributed by atoms with van der Waals surface area (Å²) in [5.74, 6) is 2.04. The van der Waals surface area contributed by atoms with E-state index in [-0.39, 0.29) is 5.41 Å². The Bertz CT molecular complexity index is 267. The van der Waals surface area contributed by atoms with Gasteiger partial charge >= 0.3 is 0 Å². The van der Waals surface area contributed by atoms with Crippen LogP contribution in [0, 0.1) is 5.41 Å². The summed E-state index contributed by atoms with van der Waals surface area (Å²) in [6.45, 7) is 6.54. The molecule has 0 amide bonds. The molecule has 0 heterocycles. The maximum atomic E-state index is 5.42. The molecule has 14 heavy (non-hydrogen) atoms. The molecule has 0 N–H and O–H groups in total. The lowest BCUT2D eigenvalue weighted by atomic mass is 9.81. The van der Waals surface area contributed by atoms with Gasteiger partial charge in [0.2, 0.25) is 0 Å². The number of allylic oxidation sites excluding steroid dienone is 3. The molecule has 0 atom stereocenters. The van der Waals surface area contributed by atoms with E-state index >= 15 is 0 Å². The van der Waals surface area contributed by atoms with Crippen molar-refractivity contribution in [2.24, 2.45) is 5.41 Å². The molecule has 0 saturated carbocycles. The molecule has 0 aromatic heterocycles. The Hall–Kier alpha value is -0.920. The van der Waals surface area contributed by atoms with Crippen LogP contribution in [-0.2, 0) is 9.47 Å². The lowest BCUT2D eigenvalue weighted by molar-refractivity contribution is 0.229. The van der Waals surface area contributed by atoms with Crippen LogP contribution in [0.1, 0.15) is 33.6 Å². The second kappa shape index (κ2) is 4.07. The van der Waals surface area contributed by atoms with Crippen molar-refractivity contribution in [2.45, 2.75) is 33.6 Å². The van der Waals surface area contributed by atoms with E-state index in [0.29, 0.717) is 0 Å². The first kappa shape index (κ1) is 11.2. The van der Waals surface area contributed by atoms with Crippen molar-refractivity contribution >= 4 is 0 Å². The van der Waals surface area contributed by atoms with Crippen molar-refractivity contribution in [3.63, 3.8) is 0 Å². The fraction of sp³-hybridized carbons (Fsp3) is 0.667. The van der Waals surface area contributed by atoms with Crippen molar-refractivity contribution < 1.29 is 9.47 Å². The van der Waals surface area contributed by atoms with Crippen molar-refractivity contribution in [3.8, 4) is 0 Å². The number of methoxy groups -OCH3 is 2. The first-order valence-electron chi connectivity index (χ1n) is 5.03. The van der Waals surface area contributed by atoms with Gasteiger partial charge < -0.3 is 9.47 Å². The van der Waals surface area contributed by atoms with Gasteiger partial charge in [0, 0.05) is 12.0 Å². The van der Waals surface area contributed by atoms with Gasteiger partial charge in [0.05, 0.1) is 14.2 Å². The van der Waals surface area contributed by atoms with Gasteiger partial charge in [0.25, 0.3) is 0 Å². The molecule has 0 unspecified atom stereocenters. The van der Waals surface area contributed by atoms with E-state index in [1.54, 1.807) is 14.2 Å². The molecule has 2 nitrogen and oxygen atoms in total. The van der Waals surface area contributed by atoms with Crippen LogP contribution in [0.4, 0.5) is 0 Å². The molecule has 0 fully saturated rings. The molecule has 80 valence electrons. The topological polar surface area (TPSA) is 18.5 Å². The largest absolute Gasteiger partial charge is 0.501 e. The normalized spacial score (nSPS) is 17.9. The van der Waals surface area contributed by atoms with Gasteiger partial charge in [0.15, 0.2) is 0 Å². The zero-order chi connectivity index (χ0) is 10.8. The first-order chi connectivity index (χ1) is 6.50. The minimum absolute atomic E-state index is 0.0770. The van der Waals surface area contributed by atoms with Gasteiger partial charge in [-0.15, -0.1) is 0 Å². The molecule has 0 aromatic carbocycles. The lowest BCUT2D eigenvalue weighted by Gasteiger charge is -2.29. The van der Waals surface area contributed by atoms with Gasteiger partial charge in [-0.05, 0) is 17.9 Å². The second-order valence-corrected chi connectivity index (χ2v) is 4.56. The highest BCUT2D eigenvalue weighted by Crippen LogP contribution is 2.38. The summed E-state index contributed by atoms with van der Waals surface area (Å²) in [7, 11) is 3.45. The van der Waals surface area contributed by atoms with Crippen LogP contribution in [0.25, 0.3) is 0 Å². The highest BCUT2D eigenvalue weighted by molar-refractivity contribution is 5.36. The third kappa shape index (κ3) is 2.11. The average molecular weight is 196 g/mol. The zero-order valence-electron chi connectivity index (χ0n) is 9.81. The predicted molar refractivity (Wildman–Crippen MR) is 57.8 cm³/mol. The highest BCUT2D eigenvalue weighted by Gasteiger charge is 2.28. The van der Waals surface area contributed by atoms with Crippen molar-refractivity contribution in [2.75, 3.05) is 14.2 Å². The van der Waals surface area contributed by atoms with E-state index in [4.69, 9.17) is 9.47 Å². The third-order valence-electron chi connectivity index (χ3n) is 2.44. The summed E-state index contributed by atoms with van der Waals surface area (Å²) in [6, 6.07) is 0. The van der Waals surface area contributed by atoms with E-state index in [9.17, 15) is 0 Å². The van der Waals surface area contributed by atoms with Crippen LogP contribution in [0.15, 0.2) is 23.2 Å². The Balaban J connectivity index is 3.13. The summed E-state index contributed by atoms with van der Waals surface area (Å²) < 4.78 is 10.8. The smallest absolute Gasteiger partial charge is 0.121 e. The molecular weight excluding hydrogens is 176 g/mol. The fourth-order valence-electron chi connectivity index (χ4n) is 1.88. The van der Waals surface area contributed by atoms with Crippen molar-refractivity contribution in [1.29, 1.82) is 0 Å². The molecule has 1 aliphatic rings. The number of hydrogen-bond acceptors (Lipinski definition) is 2. The zero-order valence-corrected chi connectivity index (χ0v) is 9.81. The second-order valence-electron chi connectivity index (χ2n) is 4.56. The standard InChI is InChI=1S/C12H20O2/c1-12(2,3)11-9(13-4)7-6-8-10(11)14-5/h7H,6,8H2,1-5H3. The van der Waals surface area contributed by atoms with E-state index in [1.807, 2.05) is 0 Å². The van der Waals surface area contributed by atoms with E-state index in [0.717, 1.165) is 24.4 Å². The minimum Gasteiger partial charge on any atom is -0.501 e. The summed E-state index contributed by atoms with van der Waals surface area (Å²) >= 11 is 0. The Kier molecular flexibility index (Phi) is 3.25. The Morgan fingerprint density at radius 3 is 2.21 bits per heavy atom. The van der Waals surface area contributed by atoms with E-state index in [2.05, 4.69) is 26.8 Å². The Morgan fingerprint density at radius 1 is 1.14 bits per heavy atom. The highest BCUT2D eigenvalue weighted by atomic mass is 16.5. The molecule has 0 aliphatic heterocycles. The summed E-state index contributed by atoms with van der Waals surface area (Å²) in [5.41, 5.74) is 1.28. The number of hydrogen-bond donors (Lipinski definition) is 0. The average Bonchev–Trinajstić information content (AvgIpc) is 2.15. The molecule has 0 saturated heterocycles. The molecular formula is C12H20O2. The molecule has 1 aliphatic carbocycles. The van der Waals surface area contributed by atoms with Gasteiger partial charge in [-0.3, -0.25) is 0 Å². The van der Waals surface area contributed by atoms with Gasteiger partial charge in [-0.25, -0.2) is 0 Å². The summed E-state index contributed by atoms with van der Waals surface area (Å²) in [5, 5.41) is 0. The molecule has 0 bridgehead atoms. The van der Waals surface area contributed by atoms with Crippen LogP contribution in [0.2, 0.25) is 0 Å². The third-order valence-corrected chi connectivity index (χ3v) is 2.44. The first-order valence-corrected chi connectivity index (χ1v) is 5.03. The van der Waals surface area contributed by atoms with E-state index in [1.165, 1.54) is 5.57 Å². The van der Waals surface area contributed by atoms with Crippen LogP contribution in [0.3, 0.4) is 0 Å². The quantitative estimate of drug-likeness (QED) is 0.675. The monoisotopic (exact) mass is 196 g/mol. The SMILES string of the molecule is COC1=CCCC(OC)=C1C(C)(C)C. The summed E-state index contributed by atoms with van der Waals surface area (Å²) in [4.78, 5) is 0. The van der Waals surface area contributed by atoms with Gasteiger partial charge in [-0.1, -0.05) is 20.8 Å². The van der Waals surface area contributed by atoms with Crippen LogP contribution in [-0.4, -0.2) is 14.2 Å². The van der Waals surface area contributed by atoms with Gasteiger partial charge in [-0.2, -0.15) is 0 Å². The molecule has 0 spiro atoms. The maximum absolute atomic E-state index is 5.42. The fourth-order valence-corrected chi connectivity index (χ4v) is 1.88. The van der Waals surface area contributed by atoms with Crippen LogP contribution in [0.5, 0.6) is 0 Å². The minimum atomic E-state index is 0.0770. The van der Waals surface area contributed by atoms with Crippen LogP contribution < -0.4 is 0 Å². The number of rotatable bonds is 2. The predicted octanol–water partition coefficient (Wildman–Crippen LogP) is 3.26. The Morgan fingerprint density at radius 2 is 1.79 bits per heavy atom. The molecule has 0 radical (unpaired) electrons. The number of ether oxygens (including phenoxy) is 2. The van der Waals surface area contributed by atoms with Crippen molar-refractivity contribution in [1.82, 2.24) is 0 Å². The molecule has 1 rings (SSSR count). The Labute approximate surface area is 86.6 Å². The molecule has 2 heteroatoms. The van der Waals surface area contributed by atoms with Crippen molar-refractivity contribution in [3.05, 3.63) is 23.2 Å². The van der Waals surface area contributed by atoms with Crippen LogP contribution >= 0.6 is 0 Å². The molecule has 0 aromatic rings. The summed E-state index contributed by atoms with van der Waals surface area (Å²) in [6.07, 6.45) is 4.13. The van der Waals surface area contributed by atoms with E-state index < -0.39 is 0 Å². The van der Waals surface area contributed by atoms with Gasteiger partial charge in [0.1, 0.15) is 11.5 Å². The maximum Gasteiger partial charge on any atom is 0.121 e. The lowest BCUT2D eigenvalue weighted by Crippen LogP contribution is -2.18.